The predicted molar refractivity (Wildman–Crippen MR) is 54.5 cm³/mol. The first-order chi connectivity index (χ1) is 7.14. The Morgan fingerprint density at radius 1 is 1.40 bits per heavy atom. The molecular weight excluding hydrogens is 196 g/mol. The minimum atomic E-state index is -0.730. The van der Waals surface area contributed by atoms with Gasteiger partial charge in [0, 0.05) is 20.0 Å². The largest absolute Gasteiger partial charge is 0.469 e. The van der Waals surface area contributed by atoms with Crippen LogP contribution in [0.2, 0.25) is 0 Å². The summed E-state index contributed by atoms with van der Waals surface area (Å²) < 4.78 is 9.89. The molecule has 0 aliphatic heterocycles. The molecule has 0 radical (unpaired) electrons. The van der Waals surface area contributed by atoms with Gasteiger partial charge in [-0.05, 0) is 25.7 Å². The van der Waals surface area contributed by atoms with Crippen LogP contribution in [0.25, 0.3) is 0 Å². The second-order valence-corrected chi connectivity index (χ2v) is 3.90. The Kier molecular flexibility index (Phi) is 4.27. The highest BCUT2D eigenvalue weighted by Crippen LogP contribution is 2.32. The molecule has 15 heavy (non-hydrogen) atoms. The average molecular weight is 214 g/mol. The molecule has 0 spiro atoms. The van der Waals surface area contributed by atoms with Gasteiger partial charge in [0.1, 0.15) is 5.60 Å². The number of methoxy groups -OCH3 is 2. The van der Waals surface area contributed by atoms with Crippen molar-refractivity contribution in [2.24, 2.45) is 0 Å². The molecule has 0 amide bonds. The summed E-state index contributed by atoms with van der Waals surface area (Å²) in [6.07, 6.45) is 3.89. The monoisotopic (exact) mass is 214 g/mol. The second-order valence-electron chi connectivity index (χ2n) is 3.90. The van der Waals surface area contributed by atoms with E-state index in [1.165, 1.54) is 7.11 Å². The van der Waals surface area contributed by atoms with Gasteiger partial charge in [-0.15, -0.1) is 0 Å². The summed E-state index contributed by atoms with van der Waals surface area (Å²) in [5.74, 6) is -0.162. The van der Waals surface area contributed by atoms with E-state index in [9.17, 15) is 9.59 Å². The van der Waals surface area contributed by atoms with Crippen molar-refractivity contribution in [1.29, 1.82) is 0 Å². The quantitative estimate of drug-likeness (QED) is 0.665. The second kappa shape index (κ2) is 5.26. The van der Waals surface area contributed by atoms with Gasteiger partial charge in [-0.2, -0.15) is 0 Å². The number of carbonyl (C=O) groups is 2. The van der Waals surface area contributed by atoms with Crippen molar-refractivity contribution in [2.75, 3.05) is 14.2 Å². The summed E-state index contributed by atoms with van der Waals surface area (Å²) in [5.41, 5.74) is -0.730. The maximum atomic E-state index is 11.8. The van der Waals surface area contributed by atoms with Gasteiger partial charge in [0.2, 0.25) is 0 Å². The SMILES string of the molecule is COC(=O)CC[C@]1(OC)CCCCC1=O. The first-order valence-corrected chi connectivity index (χ1v) is 5.30. The van der Waals surface area contributed by atoms with E-state index in [1.54, 1.807) is 7.11 Å². The molecule has 0 N–H and O–H groups in total. The molecule has 0 saturated heterocycles. The van der Waals surface area contributed by atoms with Crippen LogP contribution in [0.5, 0.6) is 0 Å². The van der Waals surface area contributed by atoms with Crippen LogP contribution < -0.4 is 0 Å². The van der Waals surface area contributed by atoms with Crippen molar-refractivity contribution in [3.8, 4) is 0 Å². The van der Waals surface area contributed by atoms with Gasteiger partial charge in [-0.25, -0.2) is 0 Å². The van der Waals surface area contributed by atoms with Crippen molar-refractivity contribution in [1.82, 2.24) is 0 Å². The molecule has 0 bridgehead atoms. The van der Waals surface area contributed by atoms with E-state index in [0.717, 1.165) is 19.3 Å². The number of hydrogen-bond donors (Lipinski definition) is 0. The Balaban J connectivity index is 2.58. The molecule has 0 unspecified atom stereocenters. The van der Waals surface area contributed by atoms with E-state index < -0.39 is 5.60 Å². The molecular formula is C11H18O4. The van der Waals surface area contributed by atoms with Crippen LogP contribution in [0.15, 0.2) is 0 Å². The van der Waals surface area contributed by atoms with Crippen LogP contribution in [-0.2, 0) is 19.1 Å². The minimum absolute atomic E-state index is 0.125. The van der Waals surface area contributed by atoms with E-state index in [2.05, 4.69) is 4.74 Å². The van der Waals surface area contributed by atoms with Crippen LogP contribution in [-0.4, -0.2) is 31.6 Å². The fourth-order valence-corrected chi connectivity index (χ4v) is 2.05. The Morgan fingerprint density at radius 3 is 2.67 bits per heavy atom. The zero-order valence-electron chi connectivity index (χ0n) is 9.38. The molecule has 0 aromatic rings. The minimum Gasteiger partial charge on any atom is -0.469 e. The van der Waals surface area contributed by atoms with Gasteiger partial charge < -0.3 is 9.47 Å². The molecule has 4 heteroatoms. The van der Waals surface area contributed by atoms with Crippen LogP contribution in [0.3, 0.4) is 0 Å². The van der Waals surface area contributed by atoms with Gasteiger partial charge in [-0.1, -0.05) is 0 Å². The molecule has 0 aromatic carbocycles. The van der Waals surface area contributed by atoms with E-state index in [1.807, 2.05) is 0 Å². The van der Waals surface area contributed by atoms with Gasteiger partial charge >= 0.3 is 5.97 Å². The topological polar surface area (TPSA) is 52.6 Å². The van der Waals surface area contributed by atoms with E-state index >= 15 is 0 Å². The lowest BCUT2D eigenvalue weighted by Crippen LogP contribution is -2.43. The molecule has 0 heterocycles. The van der Waals surface area contributed by atoms with Crippen molar-refractivity contribution >= 4 is 11.8 Å². The van der Waals surface area contributed by atoms with Crippen molar-refractivity contribution in [2.45, 2.75) is 44.1 Å². The Morgan fingerprint density at radius 2 is 2.13 bits per heavy atom. The molecule has 1 aliphatic carbocycles. The van der Waals surface area contributed by atoms with Gasteiger partial charge in [0.05, 0.1) is 7.11 Å². The van der Waals surface area contributed by atoms with Crippen molar-refractivity contribution in [3.05, 3.63) is 0 Å². The summed E-state index contributed by atoms with van der Waals surface area (Å²) >= 11 is 0. The van der Waals surface area contributed by atoms with Crippen LogP contribution in [0.4, 0.5) is 0 Å². The Labute approximate surface area is 89.9 Å². The average Bonchev–Trinajstić information content (AvgIpc) is 2.28. The first-order valence-electron chi connectivity index (χ1n) is 5.30. The summed E-state index contributed by atoms with van der Waals surface area (Å²) in [7, 11) is 2.89. The molecule has 1 atom stereocenters. The highest BCUT2D eigenvalue weighted by molar-refractivity contribution is 5.88. The summed E-state index contributed by atoms with van der Waals surface area (Å²) in [4.78, 5) is 22.8. The number of ether oxygens (including phenoxy) is 2. The highest BCUT2D eigenvalue weighted by atomic mass is 16.5. The standard InChI is InChI=1S/C11H18O4/c1-14-10(13)6-8-11(15-2)7-4-3-5-9(11)12/h3-8H2,1-2H3/t11-/m1/s1. The van der Waals surface area contributed by atoms with Gasteiger partial charge in [0.25, 0.3) is 0 Å². The normalized spacial score (nSPS) is 26.4. The number of esters is 1. The fourth-order valence-electron chi connectivity index (χ4n) is 2.05. The molecule has 1 aliphatic rings. The maximum absolute atomic E-state index is 11.8. The third-order valence-corrected chi connectivity index (χ3v) is 3.09. The number of Topliss-reactive ketones (excluding diaryl/α,β-unsaturated/α-hetero) is 1. The van der Waals surface area contributed by atoms with Crippen LogP contribution in [0.1, 0.15) is 38.5 Å². The molecule has 1 saturated carbocycles. The number of ketones is 1. The molecule has 1 fully saturated rings. The summed E-state index contributed by atoms with van der Waals surface area (Å²) in [5, 5.41) is 0. The van der Waals surface area contributed by atoms with Crippen LogP contribution >= 0.6 is 0 Å². The van der Waals surface area contributed by atoms with Crippen molar-refractivity contribution < 1.29 is 19.1 Å². The molecule has 86 valence electrons. The van der Waals surface area contributed by atoms with E-state index in [-0.39, 0.29) is 18.2 Å². The summed E-state index contributed by atoms with van der Waals surface area (Å²) in [6.45, 7) is 0. The highest BCUT2D eigenvalue weighted by Gasteiger charge is 2.39. The third kappa shape index (κ3) is 2.78. The summed E-state index contributed by atoms with van der Waals surface area (Å²) in [6, 6.07) is 0. The van der Waals surface area contributed by atoms with Crippen molar-refractivity contribution in [3.63, 3.8) is 0 Å². The lowest BCUT2D eigenvalue weighted by Gasteiger charge is -2.34. The van der Waals surface area contributed by atoms with Gasteiger partial charge in [-0.3, -0.25) is 9.59 Å². The lowest BCUT2D eigenvalue weighted by molar-refractivity contribution is -0.150. The number of carbonyl (C=O) groups excluding carboxylic acids is 2. The zero-order valence-corrected chi connectivity index (χ0v) is 9.38. The maximum Gasteiger partial charge on any atom is 0.305 e. The first kappa shape index (κ1) is 12.2. The fraction of sp³-hybridized carbons (Fsp3) is 0.818. The smallest absolute Gasteiger partial charge is 0.305 e. The Bertz CT molecular complexity index is 249. The molecule has 0 aromatic heterocycles. The third-order valence-electron chi connectivity index (χ3n) is 3.09. The van der Waals surface area contributed by atoms with Gasteiger partial charge in [0.15, 0.2) is 5.78 Å². The Hall–Kier alpha value is -0.900. The zero-order chi connectivity index (χ0) is 11.3. The number of rotatable bonds is 4. The lowest BCUT2D eigenvalue weighted by atomic mass is 9.80. The predicted octanol–water partition coefficient (Wildman–Crippen LogP) is 1.47. The van der Waals surface area contributed by atoms with E-state index in [4.69, 9.17) is 4.74 Å². The molecule has 4 nitrogen and oxygen atoms in total. The molecule has 1 rings (SSSR count). The number of hydrogen-bond acceptors (Lipinski definition) is 4. The van der Waals surface area contributed by atoms with E-state index in [0.29, 0.717) is 12.8 Å². The van der Waals surface area contributed by atoms with Crippen LogP contribution in [0, 0.1) is 0 Å².